The van der Waals surface area contributed by atoms with Crippen LogP contribution >= 0.6 is 11.8 Å². The van der Waals surface area contributed by atoms with E-state index >= 15 is 0 Å². The molecule has 1 aliphatic carbocycles. The van der Waals surface area contributed by atoms with Crippen LogP contribution < -0.4 is 11.1 Å². The van der Waals surface area contributed by atoms with Crippen molar-refractivity contribution in [1.29, 1.82) is 0 Å². The summed E-state index contributed by atoms with van der Waals surface area (Å²) in [5, 5.41) is 3.18. The molecule has 3 rings (SSSR count). The van der Waals surface area contributed by atoms with E-state index < -0.39 is 17.2 Å². The van der Waals surface area contributed by atoms with E-state index in [9.17, 15) is 9.18 Å². The lowest BCUT2D eigenvalue weighted by Gasteiger charge is -2.36. The van der Waals surface area contributed by atoms with E-state index in [1.165, 1.54) is 17.8 Å². The van der Waals surface area contributed by atoms with Gasteiger partial charge < -0.3 is 15.2 Å². The summed E-state index contributed by atoms with van der Waals surface area (Å²) in [7, 11) is 0. The molecule has 1 heterocycles. The maximum absolute atomic E-state index is 14.9. The van der Waals surface area contributed by atoms with Crippen LogP contribution in [-0.2, 0) is 15.0 Å². The zero-order valence-corrected chi connectivity index (χ0v) is 19.0. The Morgan fingerprint density at radius 2 is 2.20 bits per heavy atom. The van der Waals surface area contributed by atoms with E-state index in [0.29, 0.717) is 35.2 Å². The molecule has 6 nitrogen and oxygen atoms in total. The van der Waals surface area contributed by atoms with Gasteiger partial charge in [-0.2, -0.15) is 0 Å². The van der Waals surface area contributed by atoms with Crippen molar-refractivity contribution >= 4 is 28.7 Å². The molecule has 30 heavy (non-hydrogen) atoms. The predicted octanol–water partition coefficient (Wildman–Crippen LogP) is 4.83. The Bertz CT molecular complexity index is 811. The predicted molar refractivity (Wildman–Crippen MR) is 119 cm³/mol. The van der Waals surface area contributed by atoms with E-state index in [-0.39, 0.29) is 17.8 Å². The number of unbranched alkanes of at least 4 members (excludes halogenated alkanes) is 1. The van der Waals surface area contributed by atoms with Crippen molar-refractivity contribution in [3.8, 4) is 0 Å². The van der Waals surface area contributed by atoms with Gasteiger partial charge in [0.05, 0.1) is 11.6 Å². The van der Waals surface area contributed by atoms with Crippen LogP contribution in [0, 0.1) is 11.7 Å². The molecule has 1 aliphatic heterocycles. The highest BCUT2D eigenvalue weighted by atomic mass is 32.2. The van der Waals surface area contributed by atoms with Crippen LogP contribution in [0.4, 0.5) is 14.9 Å². The first-order valence-corrected chi connectivity index (χ1v) is 11.5. The number of thioether (sulfide) groups is 1. The number of hydrogen-bond donors (Lipinski definition) is 2. The van der Waals surface area contributed by atoms with Gasteiger partial charge >= 0.3 is 6.09 Å². The molecule has 1 aromatic rings. The third-order valence-electron chi connectivity index (χ3n) is 5.40. The quantitative estimate of drug-likeness (QED) is 0.509. The van der Waals surface area contributed by atoms with E-state index in [2.05, 4.69) is 12.2 Å². The molecule has 166 valence electrons. The molecule has 0 bridgehead atoms. The maximum Gasteiger partial charge on any atom is 0.413 e. The second kappa shape index (κ2) is 9.14. The first-order chi connectivity index (χ1) is 14.1. The van der Waals surface area contributed by atoms with Gasteiger partial charge in [-0.3, -0.25) is 10.3 Å². The molecular weight excluding hydrogens is 405 g/mol. The number of anilines is 1. The maximum atomic E-state index is 14.9. The largest absolute Gasteiger partial charge is 0.444 e. The van der Waals surface area contributed by atoms with Crippen LogP contribution in [0.1, 0.15) is 58.9 Å². The number of halogens is 1. The highest BCUT2D eigenvalue weighted by Gasteiger charge is 2.52. The molecule has 2 unspecified atom stereocenters. The summed E-state index contributed by atoms with van der Waals surface area (Å²) in [5.74, 6) is 0.460. The molecular formula is C22H32FN3O3S. The van der Waals surface area contributed by atoms with Crippen molar-refractivity contribution in [2.45, 2.75) is 70.6 Å². The van der Waals surface area contributed by atoms with Crippen molar-refractivity contribution in [3.05, 3.63) is 29.6 Å². The van der Waals surface area contributed by atoms with Crippen LogP contribution in [0.3, 0.4) is 0 Å². The van der Waals surface area contributed by atoms with Crippen molar-refractivity contribution in [2.75, 3.05) is 18.1 Å². The summed E-state index contributed by atoms with van der Waals surface area (Å²) >= 11 is 1.46. The minimum absolute atomic E-state index is 0.00685. The van der Waals surface area contributed by atoms with Crippen LogP contribution in [0.5, 0.6) is 0 Å². The zero-order valence-electron chi connectivity index (χ0n) is 18.2. The van der Waals surface area contributed by atoms with Crippen LogP contribution in [0.15, 0.2) is 23.2 Å². The molecule has 0 radical (unpaired) electrons. The van der Waals surface area contributed by atoms with Gasteiger partial charge in [-0.1, -0.05) is 25.1 Å². The summed E-state index contributed by atoms with van der Waals surface area (Å²) in [5.41, 5.74) is 5.52. The van der Waals surface area contributed by atoms with Gasteiger partial charge in [-0.25, -0.2) is 9.18 Å². The number of carbonyl (C=O) groups is 1. The molecule has 1 fully saturated rings. The number of ether oxygens (including phenoxy) is 2. The summed E-state index contributed by atoms with van der Waals surface area (Å²) in [6.07, 6.45) is 2.83. The van der Waals surface area contributed by atoms with E-state index in [1.54, 1.807) is 32.9 Å². The molecule has 1 aromatic carbocycles. The van der Waals surface area contributed by atoms with Crippen molar-refractivity contribution in [1.82, 2.24) is 5.32 Å². The molecule has 0 saturated heterocycles. The first kappa shape index (κ1) is 22.9. The normalized spacial score (nSPS) is 26.1. The minimum Gasteiger partial charge on any atom is -0.444 e. The average molecular weight is 438 g/mol. The van der Waals surface area contributed by atoms with Crippen molar-refractivity contribution < 1.29 is 18.7 Å². The summed E-state index contributed by atoms with van der Waals surface area (Å²) in [4.78, 5) is 17.2. The Hall–Kier alpha value is -1.80. The van der Waals surface area contributed by atoms with Gasteiger partial charge in [0.15, 0.2) is 5.17 Å². The number of amides is 1. The third kappa shape index (κ3) is 5.27. The fraction of sp³-hybridized carbons (Fsp3) is 0.636. The zero-order chi connectivity index (χ0) is 21.9. The number of carbonyl (C=O) groups excluding carboxylic acids is 1. The number of benzene rings is 1. The Morgan fingerprint density at radius 1 is 1.43 bits per heavy atom. The second-order valence-corrected chi connectivity index (χ2v) is 10.0. The number of aliphatic imine (C=N–C) groups is 1. The first-order valence-electron chi connectivity index (χ1n) is 10.5. The number of nitrogens with two attached hydrogens (primary N) is 1. The van der Waals surface area contributed by atoms with Crippen molar-refractivity contribution in [3.63, 3.8) is 0 Å². The fourth-order valence-corrected chi connectivity index (χ4v) is 5.24. The lowest BCUT2D eigenvalue weighted by atomic mass is 9.81. The Balaban J connectivity index is 1.92. The monoisotopic (exact) mass is 437 g/mol. The van der Waals surface area contributed by atoms with Crippen LogP contribution in [0.25, 0.3) is 0 Å². The van der Waals surface area contributed by atoms with Crippen molar-refractivity contribution in [2.24, 2.45) is 10.9 Å². The number of alkyl carbamates (subject to hydrolysis) is 1. The number of rotatable bonds is 5. The van der Waals surface area contributed by atoms with Gasteiger partial charge in [-0.05, 0) is 51.8 Å². The van der Waals surface area contributed by atoms with Crippen LogP contribution in [0.2, 0.25) is 0 Å². The molecule has 0 spiro atoms. The van der Waals surface area contributed by atoms with Gasteiger partial charge in [-0.15, -0.1) is 0 Å². The molecule has 0 aromatic heterocycles. The number of amidine groups is 1. The smallest absolute Gasteiger partial charge is 0.413 e. The molecule has 1 saturated carbocycles. The van der Waals surface area contributed by atoms with Gasteiger partial charge in [0.1, 0.15) is 11.4 Å². The molecule has 8 heteroatoms. The molecule has 2 aliphatic rings. The molecule has 3 N–H and O–H groups in total. The number of fused-ring (bicyclic) bond motifs is 1. The van der Waals surface area contributed by atoms with E-state index in [0.717, 1.165) is 19.3 Å². The minimum atomic E-state index is -0.814. The van der Waals surface area contributed by atoms with Gasteiger partial charge in [0.2, 0.25) is 0 Å². The molecule has 3 atom stereocenters. The Kier molecular flexibility index (Phi) is 6.97. The third-order valence-corrected chi connectivity index (χ3v) is 6.44. The van der Waals surface area contributed by atoms with E-state index in [1.807, 2.05) is 0 Å². The highest BCUT2D eigenvalue weighted by Crippen LogP contribution is 2.52. The highest BCUT2D eigenvalue weighted by molar-refractivity contribution is 8.13. The number of hydrogen-bond acceptors (Lipinski definition) is 6. The van der Waals surface area contributed by atoms with Gasteiger partial charge in [0.25, 0.3) is 0 Å². The fourth-order valence-electron chi connectivity index (χ4n) is 4.09. The number of nitrogens with one attached hydrogen (secondary N) is 1. The number of nitrogen functional groups attached to an aromatic ring is 1. The second-order valence-electron chi connectivity index (χ2n) is 9.00. The summed E-state index contributed by atoms with van der Waals surface area (Å²) < 4.78 is 26.4. The average Bonchev–Trinajstić information content (AvgIpc) is 3.01. The standard InChI is InChI=1S/C22H32FN3O3S/c1-5-6-9-28-16-10-14-13-30-19(25-20(27)29-21(2,3)4)26-22(14,12-16)17-11-15(24)7-8-18(17)23/h7-8,11,14,16H,5-6,9-10,12-13,24H2,1-4H3,(H,25,26,27)/t14?,16?,22-/m0/s1. The van der Waals surface area contributed by atoms with Gasteiger partial charge in [0, 0.05) is 35.9 Å². The van der Waals surface area contributed by atoms with E-state index in [4.69, 9.17) is 20.2 Å². The Morgan fingerprint density at radius 3 is 2.90 bits per heavy atom. The SMILES string of the molecule is CCCCOC1CC2CSC(NC(=O)OC(C)(C)C)=N[C@@]2(c2cc(N)ccc2F)C1. The topological polar surface area (TPSA) is 85.9 Å². The summed E-state index contributed by atoms with van der Waals surface area (Å²) in [6, 6.07) is 4.61. The Labute approximate surface area is 182 Å². The summed E-state index contributed by atoms with van der Waals surface area (Å²) in [6.45, 7) is 8.21. The molecule has 1 amide bonds. The lowest BCUT2D eigenvalue weighted by Crippen LogP contribution is -2.42. The lowest BCUT2D eigenvalue weighted by molar-refractivity contribution is 0.0513. The number of nitrogens with zero attached hydrogens (tertiary/aromatic N) is 1. The van der Waals surface area contributed by atoms with Crippen LogP contribution in [-0.4, -0.2) is 35.3 Å².